The summed E-state index contributed by atoms with van der Waals surface area (Å²) in [5, 5.41) is 13.7. The highest BCUT2D eigenvalue weighted by Crippen LogP contribution is 2.18. The summed E-state index contributed by atoms with van der Waals surface area (Å²) in [5.74, 6) is -0.168. The van der Waals surface area contributed by atoms with Crippen molar-refractivity contribution in [1.29, 1.82) is 5.41 Å². The number of hydrogen-bond acceptors (Lipinski definition) is 6. The van der Waals surface area contributed by atoms with Gasteiger partial charge < -0.3 is 21.4 Å². The Kier molecular flexibility index (Phi) is 5.14. The van der Waals surface area contributed by atoms with Crippen LogP contribution >= 0.6 is 0 Å². The third-order valence-electron chi connectivity index (χ3n) is 3.16. The molecule has 1 aromatic carbocycles. The van der Waals surface area contributed by atoms with Gasteiger partial charge in [0.25, 0.3) is 5.56 Å². The molecule has 122 valence electrons. The summed E-state index contributed by atoms with van der Waals surface area (Å²) in [6.45, 7) is 0.357. The van der Waals surface area contributed by atoms with Crippen molar-refractivity contribution in [3.8, 4) is 0 Å². The van der Waals surface area contributed by atoms with Crippen molar-refractivity contribution in [1.82, 2.24) is 10.3 Å². The molecule has 0 saturated carbocycles. The topological polar surface area (TPSA) is 141 Å². The fourth-order valence-corrected chi connectivity index (χ4v) is 2.71. The molecule has 2 rings (SSSR count). The number of nitrogen functional groups attached to an aromatic ring is 1. The fourth-order valence-electron chi connectivity index (χ4n) is 2.13. The van der Waals surface area contributed by atoms with Crippen LogP contribution in [0.5, 0.6) is 0 Å². The second-order valence-electron chi connectivity index (χ2n) is 4.77. The lowest BCUT2D eigenvalue weighted by molar-refractivity contribution is 0.613. The first-order valence-corrected chi connectivity index (χ1v) is 7.86. The minimum Gasteiger partial charge on any atom is -0.398 e. The Hall–Kier alpha value is -2.65. The van der Waals surface area contributed by atoms with Gasteiger partial charge in [0.05, 0.1) is 4.90 Å². The van der Waals surface area contributed by atoms with Crippen molar-refractivity contribution in [2.75, 3.05) is 18.1 Å². The molecule has 1 heterocycles. The molecule has 8 nitrogen and oxygen atoms in total. The van der Waals surface area contributed by atoms with Gasteiger partial charge in [-0.1, -0.05) is 0 Å². The third kappa shape index (κ3) is 3.76. The molecule has 0 unspecified atom stereocenters. The number of nitrogens with one attached hydrogen (secondary N) is 4. The van der Waals surface area contributed by atoms with Crippen LogP contribution in [0, 0.1) is 5.41 Å². The lowest BCUT2D eigenvalue weighted by Gasteiger charge is -2.12. The molecule has 23 heavy (non-hydrogen) atoms. The van der Waals surface area contributed by atoms with E-state index in [4.69, 9.17) is 11.1 Å². The van der Waals surface area contributed by atoms with Crippen LogP contribution in [0.4, 0.5) is 11.4 Å². The summed E-state index contributed by atoms with van der Waals surface area (Å²) in [5.41, 5.74) is 6.52. The van der Waals surface area contributed by atoms with Gasteiger partial charge in [-0.15, -0.1) is 0 Å². The maximum absolute atomic E-state index is 11.8. The van der Waals surface area contributed by atoms with Gasteiger partial charge >= 0.3 is 0 Å². The van der Waals surface area contributed by atoms with Gasteiger partial charge in [-0.2, -0.15) is 0 Å². The van der Waals surface area contributed by atoms with Crippen molar-refractivity contribution >= 4 is 27.9 Å². The molecule has 0 bridgehead atoms. The molecule has 0 aliphatic carbocycles. The average Bonchev–Trinajstić information content (AvgIpc) is 2.47. The largest absolute Gasteiger partial charge is 0.398 e. The number of hydrogen-bond donors (Lipinski definition) is 6. The Labute approximate surface area is 134 Å². The number of amidine groups is 1. The highest BCUT2D eigenvalue weighted by molar-refractivity contribution is 7.72. The van der Waals surface area contributed by atoms with E-state index >= 15 is 0 Å². The highest BCUT2D eigenvalue weighted by atomic mass is 32.2. The first kappa shape index (κ1) is 16.7. The molecule has 0 fully saturated rings. The Bertz CT molecular complexity index is 865. The van der Waals surface area contributed by atoms with Crippen LogP contribution in [-0.2, 0) is 17.2 Å². The van der Waals surface area contributed by atoms with E-state index in [0.29, 0.717) is 17.8 Å². The molecule has 0 aliphatic heterocycles. The van der Waals surface area contributed by atoms with Crippen LogP contribution in [0.3, 0.4) is 0 Å². The average molecular weight is 335 g/mol. The minimum absolute atomic E-state index is 0.0293. The number of aromatic nitrogens is 1. The van der Waals surface area contributed by atoms with Crippen molar-refractivity contribution in [3.05, 3.63) is 51.9 Å². The normalized spacial score (nSPS) is 10.7. The van der Waals surface area contributed by atoms with Gasteiger partial charge in [-0.3, -0.25) is 10.2 Å². The monoisotopic (exact) mass is 335 g/mol. The van der Waals surface area contributed by atoms with E-state index < -0.39 is 16.3 Å². The number of rotatable bonds is 5. The Morgan fingerprint density at radius 1 is 1.35 bits per heavy atom. The van der Waals surface area contributed by atoms with Crippen LogP contribution in [0.25, 0.3) is 0 Å². The van der Waals surface area contributed by atoms with Gasteiger partial charge in [-0.05, 0) is 36.9 Å². The third-order valence-corrected chi connectivity index (χ3v) is 3.99. The lowest BCUT2D eigenvalue weighted by atomic mass is 10.1. The Balaban J connectivity index is 2.35. The van der Waals surface area contributed by atoms with E-state index in [1.54, 1.807) is 13.1 Å². The van der Waals surface area contributed by atoms with Gasteiger partial charge in [0.2, 0.25) is 0 Å². The molecule has 0 amide bonds. The summed E-state index contributed by atoms with van der Waals surface area (Å²) < 4.78 is 22.5. The maximum atomic E-state index is 11.8. The van der Waals surface area contributed by atoms with E-state index in [1.165, 1.54) is 24.4 Å². The second-order valence-corrected chi connectivity index (χ2v) is 5.76. The molecule has 0 saturated heterocycles. The number of aromatic amines is 1. The molecule has 0 spiro atoms. The van der Waals surface area contributed by atoms with Crippen molar-refractivity contribution in [2.45, 2.75) is 11.4 Å². The smallest absolute Gasteiger partial charge is 0.261 e. The number of pyridine rings is 1. The number of thiol groups is 1. The number of anilines is 2. The molecule has 2 aromatic rings. The van der Waals surface area contributed by atoms with Gasteiger partial charge in [0, 0.05) is 24.1 Å². The van der Waals surface area contributed by atoms with Gasteiger partial charge in [0.1, 0.15) is 11.4 Å². The summed E-state index contributed by atoms with van der Waals surface area (Å²) in [7, 11) is -1.01. The van der Waals surface area contributed by atoms with Crippen LogP contribution in [0.1, 0.15) is 11.1 Å². The predicted octanol–water partition coefficient (Wildman–Crippen LogP) is 0.0843. The van der Waals surface area contributed by atoms with Crippen LogP contribution < -0.4 is 21.9 Å². The number of H-pyrrole nitrogens is 1. The maximum Gasteiger partial charge on any atom is 0.261 e. The molecule has 0 aliphatic rings. The summed E-state index contributed by atoms with van der Waals surface area (Å²) in [4.78, 5) is 14.4. The van der Waals surface area contributed by atoms with Gasteiger partial charge in [0.15, 0.2) is 10.7 Å². The first-order valence-electron chi connectivity index (χ1n) is 6.69. The predicted molar refractivity (Wildman–Crippen MR) is 89.7 cm³/mol. The zero-order valence-electron chi connectivity index (χ0n) is 12.3. The van der Waals surface area contributed by atoms with E-state index in [1.807, 2.05) is 0 Å². The quantitative estimate of drug-likeness (QED) is 0.260. The fraction of sp³-hybridized carbons (Fsp3) is 0.143. The number of nitrogens with two attached hydrogens (primary N) is 1. The van der Waals surface area contributed by atoms with Crippen LogP contribution in [0.2, 0.25) is 0 Å². The summed E-state index contributed by atoms with van der Waals surface area (Å²) in [6, 6.07) is 6.08. The molecular formula is C14H17N5O3S. The molecule has 9 heteroatoms. The van der Waals surface area contributed by atoms with Crippen molar-refractivity contribution in [2.24, 2.45) is 0 Å². The highest BCUT2D eigenvalue weighted by Gasteiger charge is 2.12. The van der Waals surface area contributed by atoms with Crippen LogP contribution in [-0.4, -0.2) is 26.3 Å². The first-order chi connectivity index (χ1) is 10.9. The molecular weight excluding hydrogens is 318 g/mol. The SMILES string of the molecule is CNCc1cc(NC(=N)c2c(N)cc[nH]c2=O)ccc1[SH](=O)=O. The Morgan fingerprint density at radius 2 is 2.09 bits per heavy atom. The standard InChI is InChI=1S/C14H17N5O3S/c1-17-7-8-6-9(2-3-11(8)23(21)22)19-13(16)12-10(15)4-5-18-14(12)20/h2-6,17,23H,7H2,1H3,(H2,16,19)(H3,15,18,20). The van der Waals surface area contributed by atoms with E-state index in [0.717, 1.165) is 0 Å². The van der Waals surface area contributed by atoms with Crippen molar-refractivity contribution < 1.29 is 8.42 Å². The number of benzene rings is 1. The van der Waals surface area contributed by atoms with E-state index in [2.05, 4.69) is 15.6 Å². The minimum atomic E-state index is -2.71. The van der Waals surface area contributed by atoms with E-state index in [9.17, 15) is 13.2 Å². The van der Waals surface area contributed by atoms with Gasteiger partial charge in [-0.25, -0.2) is 8.42 Å². The zero-order chi connectivity index (χ0) is 17.0. The molecule has 0 atom stereocenters. The Morgan fingerprint density at radius 3 is 2.70 bits per heavy atom. The van der Waals surface area contributed by atoms with Crippen LogP contribution in [0.15, 0.2) is 40.2 Å². The molecule has 0 radical (unpaired) electrons. The lowest BCUT2D eigenvalue weighted by Crippen LogP contribution is -2.24. The zero-order valence-corrected chi connectivity index (χ0v) is 13.2. The molecule has 1 aromatic heterocycles. The van der Waals surface area contributed by atoms with Crippen molar-refractivity contribution in [3.63, 3.8) is 0 Å². The summed E-state index contributed by atoms with van der Waals surface area (Å²) >= 11 is 0. The molecule has 6 N–H and O–H groups in total. The summed E-state index contributed by atoms with van der Waals surface area (Å²) in [6.07, 6.45) is 1.40. The second kappa shape index (κ2) is 7.07. The van der Waals surface area contributed by atoms with E-state index in [-0.39, 0.29) is 22.0 Å².